The van der Waals surface area contributed by atoms with Crippen molar-refractivity contribution < 1.29 is 4.52 Å². The van der Waals surface area contributed by atoms with Gasteiger partial charge in [-0.2, -0.15) is 16.3 Å². The van der Waals surface area contributed by atoms with Crippen LogP contribution in [-0.2, 0) is 0 Å². The van der Waals surface area contributed by atoms with Crippen LogP contribution in [0.1, 0.15) is 31.1 Å². The first kappa shape index (κ1) is 9.79. The lowest BCUT2D eigenvalue weighted by Crippen LogP contribution is -2.21. The lowest BCUT2D eigenvalue weighted by Gasteiger charge is -2.15. The summed E-state index contributed by atoms with van der Waals surface area (Å²) in [6.07, 6.45) is 3.69. The topological polar surface area (TPSA) is 51.0 Å². The third-order valence-electron chi connectivity index (χ3n) is 3.84. The second kappa shape index (κ2) is 3.65. The standard InChI is InChI=1S/C12H13N3OS/c1-2-10-9(5-8(1)13-10)12-14-11(15-16-12)7-3-4-17-6-7/h3-4,6,8-10,13H,1-2,5H2. The number of hydrogen-bond acceptors (Lipinski definition) is 5. The fraction of sp³-hybridized carbons (Fsp3) is 0.500. The zero-order valence-corrected chi connectivity index (χ0v) is 10.1. The number of thiophene rings is 1. The van der Waals surface area contributed by atoms with E-state index in [2.05, 4.69) is 15.5 Å². The van der Waals surface area contributed by atoms with Gasteiger partial charge in [0.2, 0.25) is 11.7 Å². The molecule has 5 heteroatoms. The normalized spacial score (nSPS) is 31.2. The van der Waals surface area contributed by atoms with Crippen molar-refractivity contribution in [3.05, 3.63) is 22.7 Å². The van der Waals surface area contributed by atoms with E-state index in [1.165, 1.54) is 12.8 Å². The molecule has 2 aromatic rings. The molecular weight excluding hydrogens is 234 g/mol. The van der Waals surface area contributed by atoms with Crippen molar-refractivity contribution in [2.45, 2.75) is 37.3 Å². The maximum absolute atomic E-state index is 5.43. The summed E-state index contributed by atoms with van der Waals surface area (Å²) in [5.41, 5.74) is 1.06. The van der Waals surface area contributed by atoms with Crippen molar-refractivity contribution in [3.8, 4) is 11.4 Å². The van der Waals surface area contributed by atoms with Crippen LogP contribution >= 0.6 is 11.3 Å². The molecule has 2 bridgehead atoms. The average Bonchev–Trinajstić information content (AvgIpc) is 3.12. The zero-order valence-electron chi connectivity index (χ0n) is 9.30. The molecule has 4 heterocycles. The Bertz CT molecular complexity index is 522. The second-order valence-electron chi connectivity index (χ2n) is 4.86. The number of nitrogens with zero attached hydrogens (tertiary/aromatic N) is 2. The Labute approximate surface area is 103 Å². The predicted octanol–water partition coefficient (Wildman–Crippen LogP) is 2.41. The molecule has 2 aliphatic heterocycles. The summed E-state index contributed by atoms with van der Waals surface area (Å²) in [5, 5.41) is 11.8. The molecule has 0 aromatic carbocycles. The van der Waals surface area contributed by atoms with E-state index < -0.39 is 0 Å². The van der Waals surface area contributed by atoms with Gasteiger partial charge in [-0.05, 0) is 30.7 Å². The van der Waals surface area contributed by atoms with E-state index in [1.807, 2.05) is 16.8 Å². The van der Waals surface area contributed by atoms with Crippen molar-refractivity contribution in [2.75, 3.05) is 0 Å². The molecule has 17 heavy (non-hydrogen) atoms. The molecule has 3 unspecified atom stereocenters. The second-order valence-corrected chi connectivity index (χ2v) is 5.64. The molecule has 2 saturated heterocycles. The van der Waals surface area contributed by atoms with Gasteiger partial charge in [-0.25, -0.2) is 0 Å². The van der Waals surface area contributed by atoms with E-state index in [0.717, 1.165) is 23.7 Å². The van der Waals surface area contributed by atoms with Crippen LogP contribution in [0.25, 0.3) is 11.4 Å². The van der Waals surface area contributed by atoms with E-state index >= 15 is 0 Å². The maximum Gasteiger partial charge on any atom is 0.231 e. The first-order chi connectivity index (χ1) is 8.40. The summed E-state index contributed by atoms with van der Waals surface area (Å²) in [6, 6.07) is 3.25. The van der Waals surface area contributed by atoms with Gasteiger partial charge in [0, 0.05) is 23.0 Å². The Morgan fingerprint density at radius 3 is 3.12 bits per heavy atom. The number of hydrogen-bond donors (Lipinski definition) is 1. The first-order valence-electron chi connectivity index (χ1n) is 6.02. The van der Waals surface area contributed by atoms with Gasteiger partial charge in [-0.1, -0.05) is 5.16 Å². The monoisotopic (exact) mass is 247 g/mol. The third kappa shape index (κ3) is 1.53. The molecule has 3 atom stereocenters. The van der Waals surface area contributed by atoms with E-state index in [1.54, 1.807) is 11.3 Å². The van der Waals surface area contributed by atoms with E-state index in [-0.39, 0.29) is 0 Å². The molecule has 0 amide bonds. The Kier molecular flexibility index (Phi) is 2.10. The van der Waals surface area contributed by atoms with Gasteiger partial charge < -0.3 is 9.84 Å². The molecule has 4 nitrogen and oxygen atoms in total. The van der Waals surface area contributed by atoms with Gasteiger partial charge in [0.05, 0.1) is 5.92 Å². The van der Waals surface area contributed by atoms with Gasteiger partial charge >= 0.3 is 0 Å². The van der Waals surface area contributed by atoms with Crippen LogP contribution in [-0.4, -0.2) is 22.2 Å². The average molecular weight is 247 g/mol. The highest BCUT2D eigenvalue weighted by atomic mass is 32.1. The summed E-state index contributed by atoms with van der Waals surface area (Å²) < 4.78 is 5.43. The molecule has 2 aromatic heterocycles. The van der Waals surface area contributed by atoms with Crippen molar-refractivity contribution in [1.82, 2.24) is 15.5 Å². The largest absolute Gasteiger partial charge is 0.339 e. The fourth-order valence-corrected chi connectivity index (χ4v) is 3.63. The Hall–Kier alpha value is -1.20. The smallest absolute Gasteiger partial charge is 0.231 e. The molecule has 2 fully saturated rings. The lowest BCUT2D eigenvalue weighted by atomic mass is 9.89. The van der Waals surface area contributed by atoms with E-state index in [4.69, 9.17) is 4.52 Å². The molecule has 4 rings (SSSR count). The Morgan fingerprint density at radius 1 is 1.41 bits per heavy atom. The molecule has 0 spiro atoms. The van der Waals surface area contributed by atoms with Gasteiger partial charge in [-0.15, -0.1) is 0 Å². The summed E-state index contributed by atoms with van der Waals surface area (Å²) in [5.74, 6) is 1.96. The SMILES string of the molecule is c1cc(-c2noc(C3CC4CCC3N4)n2)cs1. The van der Waals surface area contributed by atoms with Crippen molar-refractivity contribution in [2.24, 2.45) is 0 Å². The lowest BCUT2D eigenvalue weighted by molar-refractivity contribution is 0.329. The molecule has 0 saturated carbocycles. The van der Waals surface area contributed by atoms with Crippen LogP contribution in [0.4, 0.5) is 0 Å². The van der Waals surface area contributed by atoms with Crippen molar-refractivity contribution in [3.63, 3.8) is 0 Å². The van der Waals surface area contributed by atoms with Crippen molar-refractivity contribution in [1.29, 1.82) is 0 Å². The van der Waals surface area contributed by atoms with Crippen LogP contribution in [0.2, 0.25) is 0 Å². The van der Waals surface area contributed by atoms with E-state index in [0.29, 0.717) is 18.0 Å². The highest BCUT2D eigenvalue weighted by molar-refractivity contribution is 7.08. The Balaban J connectivity index is 1.63. The summed E-state index contributed by atoms with van der Waals surface area (Å²) in [6.45, 7) is 0. The summed E-state index contributed by atoms with van der Waals surface area (Å²) >= 11 is 1.65. The number of nitrogens with one attached hydrogen (secondary N) is 1. The third-order valence-corrected chi connectivity index (χ3v) is 4.52. The van der Waals surface area contributed by atoms with E-state index in [9.17, 15) is 0 Å². The predicted molar refractivity (Wildman–Crippen MR) is 64.9 cm³/mol. The minimum Gasteiger partial charge on any atom is -0.339 e. The minimum absolute atomic E-state index is 0.425. The summed E-state index contributed by atoms with van der Waals surface area (Å²) in [7, 11) is 0. The highest BCUT2D eigenvalue weighted by Crippen LogP contribution is 2.39. The van der Waals surface area contributed by atoms with Gasteiger partial charge in [-0.3, -0.25) is 0 Å². The fourth-order valence-electron chi connectivity index (χ4n) is 2.99. The van der Waals surface area contributed by atoms with Crippen LogP contribution in [0.3, 0.4) is 0 Å². The molecule has 2 aliphatic rings. The number of fused-ring (bicyclic) bond motifs is 2. The van der Waals surface area contributed by atoms with Gasteiger partial charge in [0.25, 0.3) is 0 Å². The molecule has 0 radical (unpaired) electrons. The van der Waals surface area contributed by atoms with Crippen LogP contribution in [0.5, 0.6) is 0 Å². The molecular formula is C12H13N3OS. The van der Waals surface area contributed by atoms with Gasteiger partial charge in [0.15, 0.2) is 0 Å². The molecule has 1 N–H and O–H groups in total. The maximum atomic E-state index is 5.43. The zero-order chi connectivity index (χ0) is 11.2. The van der Waals surface area contributed by atoms with Gasteiger partial charge in [0.1, 0.15) is 0 Å². The first-order valence-corrected chi connectivity index (χ1v) is 6.96. The Morgan fingerprint density at radius 2 is 2.41 bits per heavy atom. The highest BCUT2D eigenvalue weighted by Gasteiger charge is 2.42. The quantitative estimate of drug-likeness (QED) is 0.885. The van der Waals surface area contributed by atoms with Crippen LogP contribution in [0, 0.1) is 0 Å². The molecule has 88 valence electrons. The minimum atomic E-state index is 0.425. The number of rotatable bonds is 2. The van der Waals surface area contributed by atoms with Crippen molar-refractivity contribution >= 4 is 11.3 Å². The summed E-state index contributed by atoms with van der Waals surface area (Å²) in [4.78, 5) is 4.54. The molecule has 0 aliphatic carbocycles. The van der Waals surface area contributed by atoms with Crippen LogP contribution < -0.4 is 5.32 Å². The number of aromatic nitrogens is 2. The van der Waals surface area contributed by atoms with Crippen LogP contribution in [0.15, 0.2) is 21.3 Å².